The van der Waals surface area contributed by atoms with Crippen LogP contribution in [0.5, 0.6) is 0 Å². The molecule has 3 aromatic rings. The molecule has 0 aliphatic carbocycles. The third kappa shape index (κ3) is 6.69. The van der Waals surface area contributed by atoms with Gasteiger partial charge in [0.15, 0.2) is 0 Å². The fourth-order valence-corrected chi connectivity index (χ4v) is 4.22. The largest absolute Gasteiger partial charge is 0.481 e. The van der Waals surface area contributed by atoms with Crippen molar-refractivity contribution in [2.75, 3.05) is 6.16 Å². The van der Waals surface area contributed by atoms with Gasteiger partial charge < -0.3 is 15.1 Å². The number of aliphatic hydroxyl groups excluding tert-OH is 1. The minimum absolute atomic E-state index is 0.0847. The molecule has 33 heavy (non-hydrogen) atoms. The zero-order valence-corrected chi connectivity index (χ0v) is 19.3. The number of hydrogen-bond donors (Lipinski definition) is 3. The third-order valence-corrected chi connectivity index (χ3v) is 6.10. The van der Waals surface area contributed by atoms with E-state index in [1.165, 1.54) is 12.1 Å². The van der Waals surface area contributed by atoms with Gasteiger partial charge >= 0.3 is 5.97 Å². The van der Waals surface area contributed by atoms with Gasteiger partial charge in [-0.1, -0.05) is 50.1 Å². The van der Waals surface area contributed by atoms with Crippen LogP contribution in [-0.2, 0) is 4.79 Å². The molecule has 3 rings (SSSR count). The Morgan fingerprint density at radius 1 is 1.09 bits per heavy atom. The molecule has 0 amide bonds. The molecule has 1 heterocycles. The Morgan fingerprint density at radius 2 is 1.76 bits per heavy atom. The second-order valence-electron chi connectivity index (χ2n) is 7.92. The molecule has 0 spiro atoms. The van der Waals surface area contributed by atoms with Crippen LogP contribution in [0.15, 0.2) is 60.7 Å². The van der Waals surface area contributed by atoms with Gasteiger partial charge in [-0.15, -0.1) is 0 Å². The number of hydrogen-bond acceptors (Lipinski definition) is 4. The van der Waals surface area contributed by atoms with Crippen molar-refractivity contribution in [2.45, 2.75) is 32.3 Å². The number of aliphatic hydroxyl groups is 1. The number of carboxylic acids is 1. The minimum atomic E-state index is -1.91. The number of nitrogens with zero attached hydrogens (tertiary/aromatic N) is 1. The van der Waals surface area contributed by atoms with Gasteiger partial charge in [0, 0.05) is 17.3 Å². The molecule has 1 aromatic heterocycles. The summed E-state index contributed by atoms with van der Waals surface area (Å²) in [5.74, 6) is 1.61. The lowest BCUT2D eigenvalue weighted by Crippen LogP contribution is -2.15. The first-order chi connectivity index (χ1) is 15.7. The van der Waals surface area contributed by atoms with E-state index in [0.717, 1.165) is 16.8 Å². The highest BCUT2D eigenvalue weighted by molar-refractivity contribution is 7.57. The summed E-state index contributed by atoms with van der Waals surface area (Å²) in [5, 5.41) is 18.6. The Bertz CT molecular complexity index is 1170. The van der Waals surface area contributed by atoms with E-state index >= 15 is 0 Å². The molecular formula is C26H25FNO4P. The molecule has 0 saturated carbocycles. The van der Waals surface area contributed by atoms with Gasteiger partial charge in [-0.25, -0.2) is 9.37 Å². The topological polar surface area (TPSA) is 90.7 Å². The molecule has 5 nitrogen and oxygen atoms in total. The molecule has 2 atom stereocenters. The van der Waals surface area contributed by atoms with Crippen LogP contribution in [-0.4, -0.2) is 38.3 Å². The van der Waals surface area contributed by atoms with E-state index in [4.69, 9.17) is 10.1 Å². The maximum atomic E-state index is 13.6. The van der Waals surface area contributed by atoms with E-state index in [1.54, 1.807) is 12.1 Å². The molecule has 7 heteroatoms. The van der Waals surface area contributed by atoms with Crippen molar-refractivity contribution in [1.29, 1.82) is 0 Å². The van der Waals surface area contributed by atoms with Gasteiger partial charge in [-0.05, 0) is 47.5 Å². The van der Waals surface area contributed by atoms with Crippen LogP contribution in [0.25, 0.3) is 22.5 Å². The lowest BCUT2D eigenvalue weighted by atomic mass is 9.92. The Morgan fingerprint density at radius 3 is 2.36 bits per heavy atom. The SMILES string of the molecule is CC(C)c1cc(-c2ccccc2)nc(-c2ccc(F)cc2)c1C#CP(O)C[C@@H](O)CC(=O)O. The van der Waals surface area contributed by atoms with Gasteiger partial charge in [0.2, 0.25) is 0 Å². The minimum Gasteiger partial charge on any atom is -0.481 e. The number of aliphatic carboxylic acids is 1. The summed E-state index contributed by atoms with van der Waals surface area (Å²) in [6, 6.07) is 17.7. The van der Waals surface area contributed by atoms with Crippen molar-refractivity contribution in [3.63, 3.8) is 0 Å². The standard InChI is InChI=1S/C26H25FNO4P/c1-17(2)23-15-24(18-6-4-3-5-7-18)28-26(19-8-10-20(27)11-9-19)22(23)12-13-33(32)16-21(29)14-25(30)31/h3-11,15,17,21,29,32H,14,16H2,1-2H3,(H,30,31)/t21-,33?/m0/s1. The van der Waals surface area contributed by atoms with E-state index in [0.29, 0.717) is 16.8 Å². The number of halogens is 1. The first-order valence-electron chi connectivity index (χ1n) is 10.5. The molecular weight excluding hydrogens is 440 g/mol. The van der Waals surface area contributed by atoms with Crippen LogP contribution in [0.4, 0.5) is 4.39 Å². The average Bonchev–Trinajstić information content (AvgIpc) is 2.77. The van der Waals surface area contributed by atoms with Gasteiger partial charge in [-0.2, -0.15) is 0 Å². The molecule has 2 aromatic carbocycles. The molecule has 0 saturated heterocycles. The number of carbonyl (C=O) groups is 1. The van der Waals surface area contributed by atoms with Crippen LogP contribution in [0.3, 0.4) is 0 Å². The lowest BCUT2D eigenvalue weighted by Gasteiger charge is -2.16. The second kappa shape index (κ2) is 11.2. The van der Waals surface area contributed by atoms with Crippen molar-refractivity contribution < 1.29 is 24.3 Å². The monoisotopic (exact) mass is 465 g/mol. The van der Waals surface area contributed by atoms with E-state index < -0.39 is 26.6 Å². The Labute approximate surface area is 193 Å². The highest BCUT2D eigenvalue weighted by Crippen LogP contribution is 2.34. The number of carboxylic acid groups (broad SMARTS) is 1. The number of aromatic nitrogens is 1. The zero-order chi connectivity index (χ0) is 24.0. The predicted octanol–water partition coefficient (Wildman–Crippen LogP) is 5.21. The van der Waals surface area contributed by atoms with Crippen LogP contribution in [0, 0.1) is 17.4 Å². The second-order valence-corrected chi connectivity index (χ2v) is 9.31. The number of pyridine rings is 1. The van der Waals surface area contributed by atoms with Crippen molar-refractivity contribution in [1.82, 2.24) is 4.98 Å². The number of benzene rings is 2. The number of rotatable bonds is 7. The van der Waals surface area contributed by atoms with E-state index in [1.807, 2.05) is 50.2 Å². The lowest BCUT2D eigenvalue weighted by molar-refractivity contribution is -0.138. The smallest absolute Gasteiger partial charge is 0.305 e. The highest BCUT2D eigenvalue weighted by Gasteiger charge is 2.18. The Hall–Kier alpha value is -3.10. The molecule has 0 fully saturated rings. The first kappa shape index (κ1) is 24.5. The summed E-state index contributed by atoms with van der Waals surface area (Å²) < 4.78 is 13.6. The fraction of sp³-hybridized carbons (Fsp3) is 0.231. The zero-order valence-electron chi connectivity index (χ0n) is 18.4. The Kier molecular flexibility index (Phi) is 8.30. The van der Waals surface area contributed by atoms with Crippen molar-refractivity contribution >= 4 is 14.1 Å². The van der Waals surface area contributed by atoms with Gasteiger partial charge in [-0.3, -0.25) is 4.79 Å². The molecule has 0 radical (unpaired) electrons. The van der Waals surface area contributed by atoms with Crippen molar-refractivity contribution in [3.8, 4) is 34.1 Å². The summed E-state index contributed by atoms with van der Waals surface area (Å²) in [7, 11) is -1.91. The van der Waals surface area contributed by atoms with Gasteiger partial charge in [0.1, 0.15) is 14.0 Å². The first-order valence-corrected chi connectivity index (χ1v) is 12.0. The molecule has 3 N–H and O–H groups in total. The van der Waals surface area contributed by atoms with Crippen LogP contribution in [0.1, 0.15) is 37.3 Å². The summed E-state index contributed by atoms with van der Waals surface area (Å²) in [5.41, 5.74) is 7.27. The summed E-state index contributed by atoms with van der Waals surface area (Å²) in [6.07, 6.45) is -1.74. The third-order valence-electron chi connectivity index (χ3n) is 4.96. The predicted molar refractivity (Wildman–Crippen MR) is 128 cm³/mol. The molecule has 0 bridgehead atoms. The van der Waals surface area contributed by atoms with Crippen molar-refractivity contribution in [3.05, 3.63) is 77.6 Å². The molecule has 1 unspecified atom stereocenters. The highest BCUT2D eigenvalue weighted by atomic mass is 31.1. The Balaban J connectivity index is 2.11. The average molecular weight is 465 g/mol. The van der Waals surface area contributed by atoms with Gasteiger partial charge in [0.05, 0.1) is 29.5 Å². The van der Waals surface area contributed by atoms with Crippen LogP contribution >= 0.6 is 8.15 Å². The van der Waals surface area contributed by atoms with Crippen LogP contribution in [0.2, 0.25) is 0 Å². The molecule has 0 aliphatic rings. The summed E-state index contributed by atoms with van der Waals surface area (Å²) in [4.78, 5) is 25.9. The summed E-state index contributed by atoms with van der Waals surface area (Å²) >= 11 is 0. The fourth-order valence-electron chi connectivity index (χ4n) is 3.36. The van der Waals surface area contributed by atoms with Crippen molar-refractivity contribution in [2.24, 2.45) is 0 Å². The van der Waals surface area contributed by atoms with Crippen LogP contribution < -0.4 is 0 Å². The van der Waals surface area contributed by atoms with E-state index in [-0.39, 0.29) is 17.9 Å². The summed E-state index contributed by atoms with van der Waals surface area (Å²) in [6.45, 7) is 4.06. The quantitative estimate of drug-likeness (QED) is 0.329. The normalized spacial score (nSPS) is 12.7. The van der Waals surface area contributed by atoms with E-state index in [2.05, 4.69) is 11.6 Å². The maximum Gasteiger partial charge on any atom is 0.305 e. The van der Waals surface area contributed by atoms with E-state index in [9.17, 15) is 19.2 Å². The molecule has 0 aliphatic heterocycles. The van der Waals surface area contributed by atoms with Gasteiger partial charge in [0.25, 0.3) is 0 Å². The molecule has 170 valence electrons. The maximum absolute atomic E-state index is 13.6.